The van der Waals surface area contributed by atoms with Crippen LogP contribution in [0.5, 0.6) is 0 Å². The van der Waals surface area contributed by atoms with Crippen molar-refractivity contribution in [3.05, 3.63) is 206 Å². The molecule has 15 rings (SSSR count). The van der Waals surface area contributed by atoms with Gasteiger partial charge in [-0.05, 0) is 117 Å². The number of anilines is 6. The van der Waals surface area contributed by atoms with E-state index in [-0.39, 0.29) is 0 Å². The molecule has 0 saturated carbocycles. The number of nitrogens with zero attached hydrogens (tertiary/aromatic N) is 2. The molecule has 0 saturated heterocycles. The molecule has 1 aliphatic carbocycles. The first-order valence-electron chi connectivity index (χ1n) is 22.2. The van der Waals surface area contributed by atoms with Crippen LogP contribution in [-0.4, -0.2) is 0 Å². The quantitative estimate of drug-likeness (QED) is 0.172. The van der Waals surface area contributed by atoms with Crippen LogP contribution in [0, 0.1) is 0 Å². The number of rotatable bonds is 2. The molecule has 66 heavy (non-hydrogen) atoms. The number of benzene rings is 10. The Labute approximate surface area is 388 Å². The summed E-state index contributed by atoms with van der Waals surface area (Å²) in [6.07, 6.45) is 0. The van der Waals surface area contributed by atoms with E-state index in [1.807, 2.05) is 35.7 Å². The fourth-order valence-corrected chi connectivity index (χ4v) is 12.8. The van der Waals surface area contributed by atoms with Gasteiger partial charge >= 0.3 is 0 Å². The molecule has 0 radical (unpaired) electrons. The molecule has 0 fully saturated rings. The number of hydrogen-bond donors (Lipinski definition) is 0. The summed E-state index contributed by atoms with van der Waals surface area (Å²) in [5.41, 5.74) is 19.9. The van der Waals surface area contributed by atoms with Gasteiger partial charge in [0.2, 0.25) is 0 Å². The van der Waals surface area contributed by atoms with E-state index < -0.39 is 0 Å². The third kappa shape index (κ3) is 5.25. The first-order valence-corrected chi connectivity index (χ1v) is 23.9. The highest BCUT2D eigenvalue weighted by molar-refractivity contribution is 8.00. The third-order valence-corrected chi connectivity index (χ3v) is 15.8. The van der Waals surface area contributed by atoms with Gasteiger partial charge in [-0.3, -0.25) is 0 Å². The second-order valence-electron chi connectivity index (χ2n) is 17.2. The minimum Gasteiger partial charge on any atom is -0.456 e. The molecule has 0 amide bonds. The molecule has 12 aromatic rings. The Morgan fingerprint density at radius 1 is 0.258 bits per heavy atom. The van der Waals surface area contributed by atoms with Crippen LogP contribution in [0.1, 0.15) is 0 Å². The Morgan fingerprint density at radius 2 is 0.636 bits per heavy atom. The lowest BCUT2D eigenvalue weighted by Gasteiger charge is -2.34. The SMILES string of the molecule is c1ccc2c(c1)Sc1cc3c(cc1N2c1ccc2c(c1)-c1ccccc1-c1ccc(N4c5ccccc5Sc5cc6c(cc54)oc4ccccc46)cc1-c1ccccc1-2)oc1ccccc13. The van der Waals surface area contributed by atoms with Crippen molar-refractivity contribution in [2.45, 2.75) is 19.6 Å². The maximum absolute atomic E-state index is 6.50. The molecule has 2 aliphatic heterocycles. The van der Waals surface area contributed by atoms with Gasteiger partial charge in [-0.25, -0.2) is 0 Å². The predicted octanol–water partition coefficient (Wildman–Crippen LogP) is 18.3. The van der Waals surface area contributed by atoms with Crippen LogP contribution in [0.15, 0.2) is 235 Å². The van der Waals surface area contributed by atoms with E-state index in [0.717, 1.165) is 78.0 Å². The first kappa shape index (κ1) is 36.4. The van der Waals surface area contributed by atoms with Gasteiger partial charge < -0.3 is 18.6 Å². The lowest BCUT2D eigenvalue weighted by molar-refractivity contribution is 0.668. The van der Waals surface area contributed by atoms with Crippen LogP contribution in [0.25, 0.3) is 88.4 Å². The molecule has 0 spiro atoms. The smallest absolute Gasteiger partial charge is 0.137 e. The second kappa shape index (κ2) is 13.8. The van der Waals surface area contributed by atoms with E-state index in [9.17, 15) is 0 Å². The van der Waals surface area contributed by atoms with Crippen LogP contribution < -0.4 is 9.80 Å². The summed E-state index contributed by atoms with van der Waals surface area (Å²) >= 11 is 3.65. The molecule has 0 atom stereocenters. The van der Waals surface area contributed by atoms with Gasteiger partial charge in [-0.1, -0.05) is 145 Å². The molecule has 4 heterocycles. The van der Waals surface area contributed by atoms with Gasteiger partial charge in [0.25, 0.3) is 0 Å². The van der Waals surface area contributed by atoms with Crippen LogP contribution in [0.3, 0.4) is 0 Å². The minimum absolute atomic E-state index is 0.888. The van der Waals surface area contributed by atoms with Crippen molar-refractivity contribution >= 4 is 102 Å². The molecule has 0 unspecified atom stereocenters. The third-order valence-electron chi connectivity index (χ3n) is 13.6. The molecule has 4 nitrogen and oxygen atoms in total. The highest BCUT2D eigenvalue weighted by Gasteiger charge is 2.31. The van der Waals surface area contributed by atoms with Gasteiger partial charge in [-0.15, -0.1) is 0 Å². The second-order valence-corrected chi connectivity index (χ2v) is 19.4. The monoisotopic (exact) mass is 878 g/mol. The van der Waals surface area contributed by atoms with E-state index in [4.69, 9.17) is 8.83 Å². The lowest BCUT2D eigenvalue weighted by Crippen LogP contribution is -2.15. The summed E-state index contributed by atoms with van der Waals surface area (Å²) in [5.74, 6) is 0. The van der Waals surface area contributed by atoms with E-state index in [0.29, 0.717) is 0 Å². The maximum Gasteiger partial charge on any atom is 0.137 e. The Kier molecular flexibility index (Phi) is 7.62. The Morgan fingerprint density at radius 3 is 1.11 bits per heavy atom. The van der Waals surface area contributed by atoms with Crippen molar-refractivity contribution in [3.8, 4) is 44.5 Å². The van der Waals surface area contributed by atoms with Crippen molar-refractivity contribution in [2.75, 3.05) is 9.80 Å². The van der Waals surface area contributed by atoms with Crippen molar-refractivity contribution in [2.24, 2.45) is 0 Å². The average Bonchev–Trinajstić information content (AvgIpc) is 3.92. The summed E-state index contributed by atoms with van der Waals surface area (Å²) in [6.45, 7) is 0. The average molecular weight is 879 g/mol. The summed E-state index contributed by atoms with van der Waals surface area (Å²) < 4.78 is 13.0. The zero-order chi connectivity index (χ0) is 43.0. The van der Waals surface area contributed by atoms with Gasteiger partial charge in [0.1, 0.15) is 22.3 Å². The molecule has 0 bridgehead atoms. The van der Waals surface area contributed by atoms with Crippen LogP contribution in [-0.2, 0) is 0 Å². The Balaban J connectivity index is 0.923. The number of hydrogen-bond acceptors (Lipinski definition) is 6. The number of para-hydroxylation sites is 4. The zero-order valence-electron chi connectivity index (χ0n) is 35.2. The molecule has 0 N–H and O–H groups in total. The fourth-order valence-electron chi connectivity index (χ4n) is 10.7. The summed E-state index contributed by atoms with van der Waals surface area (Å²) in [6, 6.07) is 75.2. The highest BCUT2D eigenvalue weighted by atomic mass is 32.2. The van der Waals surface area contributed by atoms with Gasteiger partial charge in [0, 0.05) is 64.6 Å². The van der Waals surface area contributed by atoms with E-state index in [2.05, 4.69) is 204 Å². The Hall–Kier alpha value is -7.90. The normalized spacial score (nSPS) is 13.3. The first-order chi connectivity index (χ1) is 32.7. The van der Waals surface area contributed by atoms with Crippen LogP contribution >= 0.6 is 23.5 Å². The van der Waals surface area contributed by atoms with Crippen LogP contribution in [0.4, 0.5) is 34.1 Å². The predicted molar refractivity (Wildman–Crippen MR) is 274 cm³/mol. The standard InChI is InChI=1S/C60H34N2O2S2/c1-3-15-39-37(13-1)41-27-25-35(61-49-19-7-11-23-57(49)65-59-31-47-43-17-5-9-21-53(43)63-55(47)33-51(59)61)30-46(41)40-16-4-2-14-38(40)42-28-26-36(29-45(39)42)62-50-20-8-12-24-58(50)66-60-32-48-44-18-6-10-22-54(44)64-56(48)34-52(60)62/h1-34H. The molecule has 2 aromatic heterocycles. The van der Waals surface area contributed by atoms with Gasteiger partial charge in [0.05, 0.1) is 22.7 Å². The van der Waals surface area contributed by atoms with Crippen molar-refractivity contribution in [3.63, 3.8) is 0 Å². The van der Waals surface area contributed by atoms with Gasteiger partial charge in [-0.2, -0.15) is 0 Å². The highest BCUT2D eigenvalue weighted by Crippen LogP contribution is 2.57. The molecular formula is C60H34N2O2S2. The van der Waals surface area contributed by atoms with E-state index in [1.165, 1.54) is 64.1 Å². The zero-order valence-corrected chi connectivity index (χ0v) is 36.8. The van der Waals surface area contributed by atoms with Crippen molar-refractivity contribution in [1.82, 2.24) is 0 Å². The number of furan rings is 2. The topological polar surface area (TPSA) is 32.8 Å². The molecule has 10 aromatic carbocycles. The van der Waals surface area contributed by atoms with Crippen molar-refractivity contribution < 1.29 is 8.83 Å². The molecule has 3 aliphatic rings. The summed E-state index contributed by atoms with van der Waals surface area (Å²) in [4.78, 5) is 9.70. The van der Waals surface area contributed by atoms with Crippen LogP contribution in [0.2, 0.25) is 0 Å². The molecule has 308 valence electrons. The van der Waals surface area contributed by atoms with E-state index in [1.54, 1.807) is 0 Å². The lowest BCUT2D eigenvalue weighted by atomic mass is 9.80. The maximum atomic E-state index is 6.50. The summed E-state index contributed by atoms with van der Waals surface area (Å²) in [5, 5.41) is 4.55. The summed E-state index contributed by atoms with van der Waals surface area (Å²) in [7, 11) is 0. The largest absolute Gasteiger partial charge is 0.456 e. The fraction of sp³-hybridized carbons (Fsp3) is 0. The molecular weight excluding hydrogens is 845 g/mol. The molecule has 6 heteroatoms. The Bertz CT molecular complexity index is 3790. The van der Waals surface area contributed by atoms with E-state index >= 15 is 0 Å². The van der Waals surface area contributed by atoms with Crippen molar-refractivity contribution in [1.29, 1.82) is 0 Å². The minimum atomic E-state index is 0.888. The number of fused-ring (bicyclic) bond motifs is 18. The van der Waals surface area contributed by atoms with Gasteiger partial charge in [0.15, 0.2) is 0 Å².